The molecule has 0 bridgehead atoms. The van der Waals surface area contributed by atoms with Crippen LogP contribution in [-0.4, -0.2) is 28.9 Å². The van der Waals surface area contributed by atoms with Gasteiger partial charge in [-0.2, -0.15) is 13.2 Å². The molecule has 0 radical (unpaired) electrons. The Morgan fingerprint density at radius 3 is 2.59 bits per heavy atom. The highest BCUT2D eigenvalue weighted by Crippen LogP contribution is 2.41. The number of carbonyl (C=O) groups is 1. The van der Waals surface area contributed by atoms with Crippen LogP contribution in [-0.2, 0) is 17.4 Å². The van der Waals surface area contributed by atoms with E-state index in [4.69, 9.17) is 0 Å². The Hall–Kier alpha value is -2.44. The first-order chi connectivity index (χ1) is 13.8. The van der Waals surface area contributed by atoms with Crippen LogP contribution in [0.3, 0.4) is 0 Å². The minimum atomic E-state index is -4.72. The van der Waals surface area contributed by atoms with Crippen LogP contribution in [0.5, 0.6) is 0 Å². The number of likely N-dealkylation sites (tertiary alicyclic amines) is 1. The van der Waals surface area contributed by atoms with Gasteiger partial charge in [-0.3, -0.25) is 9.78 Å². The van der Waals surface area contributed by atoms with E-state index in [1.165, 1.54) is 6.07 Å². The normalized spacial score (nSPS) is 19.3. The lowest BCUT2D eigenvalue weighted by Crippen LogP contribution is -2.36. The van der Waals surface area contributed by atoms with Crippen LogP contribution < -0.4 is 0 Å². The molecule has 2 heterocycles. The summed E-state index contributed by atoms with van der Waals surface area (Å²) < 4.78 is 52.6. The molecule has 1 unspecified atom stereocenters. The van der Waals surface area contributed by atoms with Gasteiger partial charge in [0.25, 0.3) is 0 Å². The van der Waals surface area contributed by atoms with Crippen LogP contribution in [0.25, 0.3) is 11.1 Å². The van der Waals surface area contributed by atoms with E-state index < -0.39 is 17.6 Å². The number of pyridine rings is 1. The van der Waals surface area contributed by atoms with Crippen molar-refractivity contribution in [2.45, 2.75) is 50.6 Å². The van der Waals surface area contributed by atoms with E-state index in [-0.39, 0.29) is 11.8 Å². The van der Waals surface area contributed by atoms with Gasteiger partial charge in [0.1, 0.15) is 5.82 Å². The van der Waals surface area contributed by atoms with E-state index in [0.29, 0.717) is 24.0 Å². The fourth-order valence-corrected chi connectivity index (χ4v) is 4.46. The van der Waals surface area contributed by atoms with Crippen LogP contribution in [0, 0.1) is 5.82 Å². The van der Waals surface area contributed by atoms with Gasteiger partial charge >= 0.3 is 6.18 Å². The van der Waals surface area contributed by atoms with Gasteiger partial charge in [-0.1, -0.05) is 6.07 Å². The Morgan fingerprint density at radius 1 is 1.14 bits per heavy atom. The number of nitrogens with zero attached hydrogens (tertiary/aromatic N) is 2. The molecule has 1 aromatic carbocycles. The molecule has 0 spiro atoms. The van der Waals surface area contributed by atoms with E-state index in [9.17, 15) is 22.4 Å². The number of piperidine rings is 1. The second-order valence-corrected chi connectivity index (χ2v) is 7.83. The van der Waals surface area contributed by atoms with E-state index in [0.717, 1.165) is 62.0 Å². The van der Waals surface area contributed by atoms with E-state index in [1.54, 1.807) is 12.4 Å². The van der Waals surface area contributed by atoms with Crippen molar-refractivity contribution in [2.75, 3.05) is 13.1 Å². The molecule has 0 saturated carbocycles. The first kappa shape index (κ1) is 19.9. The Morgan fingerprint density at radius 2 is 1.90 bits per heavy atom. The fourth-order valence-electron chi connectivity index (χ4n) is 4.46. The van der Waals surface area contributed by atoms with E-state index >= 15 is 0 Å². The summed E-state index contributed by atoms with van der Waals surface area (Å²) in [4.78, 5) is 18.8. The number of halogens is 4. The molecular formula is C22H22F4N2O. The van der Waals surface area contributed by atoms with Gasteiger partial charge < -0.3 is 4.90 Å². The molecule has 1 fully saturated rings. The Balaban J connectivity index is 1.58. The van der Waals surface area contributed by atoms with Crippen molar-refractivity contribution in [1.82, 2.24) is 9.88 Å². The summed E-state index contributed by atoms with van der Waals surface area (Å²) in [7, 11) is 0. The lowest BCUT2D eigenvalue weighted by atomic mass is 9.95. The predicted molar refractivity (Wildman–Crippen MR) is 101 cm³/mol. The first-order valence-corrected chi connectivity index (χ1v) is 9.96. The number of alkyl halides is 3. The Labute approximate surface area is 166 Å². The number of hydrogen-bond acceptors (Lipinski definition) is 2. The minimum Gasteiger partial charge on any atom is -0.343 e. The number of fused-ring (bicyclic) bond motifs is 1. The number of rotatable bonds is 3. The van der Waals surface area contributed by atoms with Gasteiger partial charge in [0, 0.05) is 37.5 Å². The molecule has 4 rings (SSSR count). The topological polar surface area (TPSA) is 33.2 Å². The van der Waals surface area contributed by atoms with Crippen LogP contribution in [0.1, 0.15) is 54.7 Å². The van der Waals surface area contributed by atoms with Gasteiger partial charge in [-0.15, -0.1) is 0 Å². The van der Waals surface area contributed by atoms with Crippen molar-refractivity contribution >= 4 is 5.91 Å². The highest BCUT2D eigenvalue weighted by atomic mass is 19.4. The van der Waals surface area contributed by atoms with Crippen LogP contribution in [0.15, 0.2) is 30.6 Å². The molecule has 29 heavy (non-hydrogen) atoms. The lowest BCUT2D eigenvalue weighted by molar-refractivity contribution is -0.140. The lowest BCUT2D eigenvalue weighted by Gasteiger charge is -2.28. The molecule has 2 aliphatic rings. The van der Waals surface area contributed by atoms with Gasteiger partial charge in [0.2, 0.25) is 5.91 Å². The van der Waals surface area contributed by atoms with Crippen molar-refractivity contribution in [3.63, 3.8) is 0 Å². The fraction of sp³-hybridized carbons (Fsp3) is 0.455. The molecular weight excluding hydrogens is 384 g/mol. The monoisotopic (exact) mass is 406 g/mol. The molecule has 154 valence electrons. The molecule has 7 heteroatoms. The van der Waals surface area contributed by atoms with E-state index in [2.05, 4.69) is 4.98 Å². The molecule has 0 N–H and O–H groups in total. The van der Waals surface area contributed by atoms with Crippen LogP contribution in [0.4, 0.5) is 17.6 Å². The molecule has 2 aromatic rings. The van der Waals surface area contributed by atoms with Crippen molar-refractivity contribution in [3.8, 4) is 11.1 Å². The van der Waals surface area contributed by atoms with Crippen molar-refractivity contribution in [3.05, 3.63) is 53.1 Å². The third-order valence-electron chi connectivity index (χ3n) is 5.99. The zero-order chi connectivity index (χ0) is 20.6. The molecule has 1 aliphatic carbocycles. The minimum absolute atomic E-state index is 0.0474. The molecule has 1 amide bonds. The van der Waals surface area contributed by atoms with E-state index in [1.807, 2.05) is 4.90 Å². The number of amides is 1. The standard InChI is InChI=1S/C22H22F4N2O/c23-20-10-14(5-7-19(20)22(24,25)26)17-12-27-13-18-15(4-6-16(17)18)11-21(29)28-8-2-1-3-9-28/h5,7,10,12-13,15H,1-4,6,8-9,11H2. The second kappa shape index (κ2) is 7.76. The number of benzene rings is 1. The van der Waals surface area contributed by atoms with Gasteiger partial charge in [0.15, 0.2) is 0 Å². The zero-order valence-corrected chi connectivity index (χ0v) is 15.9. The van der Waals surface area contributed by atoms with Crippen molar-refractivity contribution in [1.29, 1.82) is 0 Å². The van der Waals surface area contributed by atoms with Gasteiger partial charge in [-0.25, -0.2) is 4.39 Å². The summed E-state index contributed by atoms with van der Waals surface area (Å²) in [6, 6.07) is 2.98. The molecule has 1 atom stereocenters. The van der Waals surface area contributed by atoms with Gasteiger partial charge in [0.05, 0.1) is 5.56 Å². The summed E-state index contributed by atoms with van der Waals surface area (Å²) in [5.74, 6) is -1.10. The maximum Gasteiger partial charge on any atom is 0.419 e. The molecule has 1 saturated heterocycles. The SMILES string of the molecule is O=C(CC1CCc2c(-c3ccc(C(F)(F)F)c(F)c3)cncc21)N1CCCCC1. The largest absolute Gasteiger partial charge is 0.419 e. The summed E-state index contributed by atoms with van der Waals surface area (Å²) in [6.45, 7) is 1.61. The smallest absolute Gasteiger partial charge is 0.343 e. The Kier molecular flexibility index (Phi) is 5.32. The quantitative estimate of drug-likeness (QED) is 0.645. The van der Waals surface area contributed by atoms with Crippen molar-refractivity contribution in [2.24, 2.45) is 0 Å². The average molecular weight is 406 g/mol. The molecule has 1 aromatic heterocycles. The highest BCUT2D eigenvalue weighted by molar-refractivity contribution is 5.78. The zero-order valence-electron chi connectivity index (χ0n) is 15.9. The summed E-state index contributed by atoms with van der Waals surface area (Å²) in [5, 5.41) is 0. The molecule has 1 aliphatic heterocycles. The summed E-state index contributed by atoms with van der Waals surface area (Å²) >= 11 is 0. The summed E-state index contributed by atoms with van der Waals surface area (Å²) in [5.41, 5.74) is 1.65. The van der Waals surface area contributed by atoms with Crippen molar-refractivity contribution < 1.29 is 22.4 Å². The summed E-state index contributed by atoms with van der Waals surface area (Å²) in [6.07, 6.45) is 3.73. The van der Waals surface area contributed by atoms with Gasteiger partial charge in [-0.05, 0) is 66.8 Å². The van der Waals surface area contributed by atoms with Crippen LogP contribution in [0.2, 0.25) is 0 Å². The number of hydrogen-bond donors (Lipinski definition) is 0. The third-order valence-corrected chi connectivity index (χ3v) is 5.99. The highest BCUT2D eigenvalue weighted by Gasteiger charge is 2.34. The molecule has 3 nitrogen and oxygen atoms in total. The third kappa shape index (κ3) is 4.00. The Bertz CT molecular complexity index is 920. The predicted octanol–water partition coefficient (Wildman–Crippen LogP) is 5.34. The first-order valence-electron chi connectivity index (χ1n) is 9.96. The number of carbonyl (C=O) groups excluding carboxylic acids is 1. The second-order valence-electron chi connectivity index (χ2n) is 7.83. The van der Waals surface area contributed by atoms with Crippen LogP contribution >= 0.6 is 0 Å². The maximum absolute atomic E-state index is 14.0. The maximum atomic E-state index is 14.0. The number of aromatic nitrogens is 1. The average Bonchev–Trinajstić information content (AvgIpc) is 3.10.